The predicted octanol–water partition coefficient (Wildman–Crippen LogP) is 1.32. The first-order chi connectivity index (χ1) is 5.86. The van der Waals surface area contributed by atoms with E-state index in [9.17, 15) is 4.79 Å². The molecule has 0 bridgehead atoms. The minimum absolute atomic E-state index is 0.184. The van der Waals surface area contributed by atoms with Crippen molar-refractivity contribution < 1.29 is 4.79 Å². The number of amides is 1. The molecular weight excluding hydrogens is 190 g/mol. The van der Waals surface area contributed by atoms with Gasteiger partial charge in [-0.25, -0.2) is 0 Å². The SMILES string of the molecule is O=C(NCC1CC1)C1SCCS1. The van der Waals surface area contributed by atoms with Crippen LogP contribution in [0.3, 0.4) is 0 Å². The minimum atomic E-state index is 0.184. The molecule has 1 amide bonds. The molecule has 0 aromatic heterocycles. The van der Waals surface area contributed by atoms with Crippen molar-refractivity contribution in [1.29, 1.82) is 0 Å². The summed E-state index contributed by atoms with van der Waals surface area (Å²) in [6.07, 6.45) is 2.62. The highest BCUT2D eigenvalue weighted by atomic mass is 32.2. The highest BCUT2D eigenvalue weighted by Crippen LogP contribution is 2.32. The van der Waals surface area contributed by atoms with Crippen LogP contribution >= 0.6 is 23.5 Å². The molecule has 1 aliphatic heterocycles. The maximum absolute atomic E-state index is 11.4. The number of nitrogens with one attached hydrogen (secondary N) is 1. The average Bonchev–Trinajstić information content (AvgIpc) is 2.74. The molecule has 2 aliphatic rings. The number of thioether (sulfide) groups is 2. The number of carbonyl (C=O) groups excluding carboxylic acids is 1. The summed E-state index contributed by atoms with van der Waals surface area (Å²) in [5.74, 6) is 3.30. The van der Waals surface area contributed by atoms with Crippen LogP contribution in [0.5, 0.6) is 0 Å². The van der Waals surface area contributed by atoms with E-state index in [0.29, 0.717) is 0 Å². The van der Waals surface area contributed by atoms with Gasteiger partial charge in [-0.3, -0.25) is 4.79 Å². The average molecular weight is 203 g/mol. The highest BCUT2D eigenvalue weighted by Gasteiger charge is 2.26. The fourth-order valence-corrected chi connectivity index (χ4v) is 3.79. The van der Waals surface area contributed by atoms with Crippen molar-refractivity contribution in [2.24, 2.45) is 5.92 Å². The number of carbonyl (C=O) groups is 1. The third-order valence-corrected chi connectivity index (χ3v) is 5.09. The number of hydrogen-bond acceptors (Lipinski definition) is 3. The van der Waals surface area contributed by atoms with Crippen LogP contribution in [0.4, 0.5) is 0 Å². The molecule has 4 heteroatoms. The monoisotopic (exact) mass is 203 g/mol. The van der Waals surface area contributed by atoms with Gasteiger partial charge in [0, 0.05) is 18.1 Å². The first kappa shape index (κ1) is 8.75. The van der Waals surface area contributed by atoms with E-state index in [2.05, 4.69) is 5.32 Å². The zero-order valence-electron chi connectivity index (χ0n) is 6.91. The molecule has 0 radical (unpaired) electrons. The van der Waals surface area contributed by atoms with E-state index < -0.39 is 0 Å². The topological polar surface area (TPSA) is 29.1 Å². The van der Waals surface area contributed by atoms with Crippen molar-refractivity contribution in [1.82, 2.24) is 5.32 Å². The molecular formula is C8H13NOS2. The van der Waals surface area contributed by atoms with Gasteiger partial charge in [-0.1, -0.05) is 0 Å². The fraction of sp³-hybridized carbons (Fsp3) is 0.875. The number of rotatable bonds is 3. The van der Waals surface area contributed by atoms with Crippen molar-refractivity contribution in [3.05, 3.63) is 0 Å². The van der Waals surface area contributed by atoms with Gasteiger partial charge in [-0.05, 0) is 18.8 Å². The van der Waals surface area contributed by atoms with E-state index in [0.717, 1.165) is 24.0 Å². The van der Waals surface area contributed by atoms with E-state index in [1.807, 2.05) is 0 Å². The molecule has 0 atom stereocenters. The van der Waals surface area contributed by atoms with Crippen molar-refractivity contribution >= 4 is 29.4 Å². The molecule has 1 saturated heterocycles. The Kier molecular flexibility index (Phi) is 2.86. The van der Waals surface area contributed by atoms with Gasteiger partial charge in [0.05, 0.1) is 0 Å². The first-order valence-electron chi connectivity index (χ1n) is 4.37. The maximum Gasteiger partial charge on any atom is 0.243 e. The van der Waals surface area contributed by atoms with Crippen LogP contribution in [0.15, 0.2) is 0 Å². The van der Waals surface area contributed by atoms with Gasteiger partial charge in [0.15, 0.2) is 0 Å². The Morgan fingerprint density at radius 1 is 1.33 bits per heavy atom. The predicted molar refractivity (Wildman–Crippen MR) is 54.4 cm³/mol. The fourth-order valence-electron chi connectivity index (χ4n) is 1.16. The smallest absolute Gasteiger partial charge is 0.243 e. The summed E-state index contributed by atoms with van der Waals surface area (Å²) in [5, 5.41) is 3.01. The van der Waals surface area contributed by atoms with Gasteiger partial charge in [-0.2, -0.15) is 0 Å². The van der Waals surface area contributed by atoms with Crippen LogP contribution in [0.25, 0.3) is 0 Å². The first-order valence-corrected chi connectivity index (χ1v) is 6.47. The lowest BCUT2D eigenvalue weighted by molar-refractivity contribution is -0.119. The standard InChI is InChI=1S/C8H13NOS2/c10-7(8-11-3-4-12-8)9-5-6-1-2-6/h6,8H,1-5H2,(H,9,10). The molecule has 0 aromatic carbocycles. The summed E-state index contributed by atoms with van der Waals surface area (Å²) in [6.45, 7) is 0.913. The zero-order chi connectivity index (χ0) is 8.39. The van der Waals surface area contributed by atoms with Gasteiger partial charge in [0.1, 0.15) is 4.58 Å². The van der Waals surface area contributed by atoms with Gasteiger partial charge in [0.25, 0.3) is 0 Å². The second kappa shape index (κ2) is 3.92. The maximum atomic E-state index is 11.4. The van der Waals surface area contributed by atoms with Crippen molar-refractivity contribution in [3.63, 3.8) is 0 Å². The Hall–Kier alpha value is 0.170. The molecule has 0 aromatic rings. The zero-order valence-corrected chi connectivity index (χ0v) is 8.55. The van der Waals surface area contributed by atoms with Gasteiger partial charge in [0.2, 0.25) is 5.91 Å². The van der Waals surface area contributed by atoms with Crippen LogP contribution in [0.2, 0.25) is 0 Å². The summed E-state index contributed by atoms with van der Waals surface area (Å²) in [5.41, 5.74) is 0. The summed E-state index contributed by atoms with van der Waals surface area (Å²) >= 11 is 3.55. The summed E-state index contributed by atoms with van der Waals surface area (Å²) < 4.78 is 0.184. The highest BCUT2D eigenvalue weighted by molar-refractivity contribution is 8.21. The van der Waals surface area contributed by atoms with E-state index >= 15 is 0 Å². The molecule has 0 spiro atoms. The lowest BCUT2D eigenvalue weighted by atomic mass is 10.4. The quantitative estimate of drug-likeness (QED) is 0.750. The van der Waals surface area contributed by atoms with Crippen molar-refractivity contribution in [3.8, 4) is 0 Å². The molecule has 2 nitrogen and oxygen atoms in total. The Morgan fingerprint density at radius 2 is 2.00 bits per heavy atom. The Balaban J connectivity index is 1.67. The van der Waals surface area contributed by atoms with Crippen LogP contribution in [-0.4, -0.2) is 28.5 Å². The Bertz CT molecular complexity index is 176. The molecule has 1 heterocycles. The third kappa shape index (κ3) is 2.33. The second-order valence-electron chi connectivity index (χ2n) is 3.26. The molecule has 12 heavy (non-hydrogen) atoms. The Labute approximate surface area is 81.2 Å². The molecule has 68 valence electrons. The summed E-state index contributed by atoms with van der Waals surface area (Å²) in [4.78, 5) is 11.4. The van der Waals surface area contributed by atoms with Gasteiger partial charge < -0.3 is 5.32 Å². The third-order valence-electron chi connectivity index (χ3n) is 2.10. The van der Waals surface area contributed by atoms with E-state index in [1.165, 1.54) is 12.8 Å². The largest absolute Gasteiger partial charge is 0.354 e. The molecule has 1 aliphatic carbocycles. The Morgan fingerprint density at radius 3 is 2.58 bits per heavy atom. The summed E-state index contributed by atoms with van der Waals surface area (Å²) in [6, 6.07) is 0. The second-order valence-corrected chi connectivity index (χ2v) is 5.99. The molecule has 2 fully saturated rings. The van der Waals surface area contributed by atoms with E-state index in [-0.39, 0.29) is 10.5 Å². The number of hydrogen-bond donors (Lipinski definition) is 1. The van der Waals surface area contributed by atoms with Crippen LogP contribution < -0.4 is 5.32 Å². The van der Waals surface area contributed by atoms with Crippen LogP contribution in [-0.2, 0) is 4.79 Å². The van der Waals surface area contributed by atoms with E-state index in [1.54, 1.807) is 23.5 Å². The molecule has 0 unspecified atom stereocenters. The van der Waals surface area contributed by atoms with Gasteiger partial charge in [-0.15, -0.1) is 23.5 Å². The lowest BCUT2D eigenvalue weighted by Gasteiger charge is -2.07. The molecule has 2 rings (SSSR count). The lowest BCUT2D eigenvalue weighted by Crippen LogP contribution is -2.31. The summed E-state index contributed by atoms with van der Waals surface area (Å²) in [7, 11) is 0. The normalized spacial score (nSPS) is 24.3. The van der Waals surface area contributed by atoms with Crippen LogP contribution in [0, 0.1) is 5.92 Å². The van der Waals surface area contributed by atoms with E-state index in [4.69, 9.17) is 0 Å². The molecule has 1 saturated carbocycles. The van der Waals surface area contributed by atoms with Crippen LogP contribution in [0.1, 0.15) is 12.8 Å². The minimum Gasteiger partial charge on any atom is -0.354 e. The van der Waals surface area contributed by atoms with Crippen molar-refractivity contribution in [2.45, 2.75) is 17.4 Å². The van der Waals surface area contributed by atoms with Crippen molar-refractivity contribution in [2.75, 3.05) is 18.1 Å². The molecule has 1 N–H and O–H groups in total. The van der Waals surface area contributed by atoms with Gasteiger partial charge >= 0.3 is 0 Å².